The number of para-hydroxylation sites is 2. The van der Waals surface area contributed by atoms with Crippen LogP contribution in [0.25, 0.3) is 10.9 Å². The summed E-state index contributed by atoms with van der Waals surface area (Å²) in [4.78, 5) is 43.4. The number of pyridine rings is 1. The number of benzene rings is 2. The Kier molecular flexibility index (Phi) is 8.21. The lowest BCUT2D eigenvalue weighted by Crippen LogP contribution is -2.33. The average Bonchev–Trinajstić information content (AvgIpc) is 2.81. The first kappa shape index (κ1) is 27.6. The Morgan fingerprint density at radius 1 is 0.838 bits per heavy atom. The highest BCUT2D eigenvalue weighted by molar-refractivity contribution is 6.01. The van der Waals surface area contributed by atoms with Gasteiger partial charge in [-0.1, -0.05) is 36.4 Å². The molecule has 8 nitrogen and oxygen atoms in total. The van der Waals surface area contributed by atoms with Gasteiger partial charge < -0.3 is 14.8 Å². The summed E-state index contributed by atoms with van der Waals surface area (Å²) in [6.07, 6.45) is 0.0223. The van der Waals surface area contributed by atoms with Crippen molar-refractivity contribution in [1.29, 1.82) is 0 Å². The van der Waals surface area contributed by atoms with E-state index in [4.69, 9.17) is 9.47 Å². The zero-order chi connectivity index (χ0) is 27.4. The molecule has 1 heterocycles. The number of fused-ring (bicyclic) bond motifs is 1. The van der Waals surface area contributed by atoms with Crippen molar-refractivity contribution >= 4 is 40.2 Å². The van der Waals surface area contributed by atoms with Crippen LogP contribution < -0.4 is 10.6 Å². The molecule has 0 radical (unpaired) electrons. The van der Waals surface area contributed by atoms with E-state index in [0.29, 0.717) is 22.5 Å². The molecule has 2 unspecified atom stereocenters. The number of esters is 1. The first-order valence-corrected chi connectivity index (χ1v) is 12.2. The zero-order valence-electron chi connectivity index (χ0n) is 22.4. The molecule has 0 aliphatic carbocycles. The van der Waals surface area contributed by atoms with E-state index >= 15 is 0 Å². The lowest BCUT2D eigenvalue weighted by Gasteiger charge is -2.29. The standard InChI is InChI=1S/C29H35N3O5/c1-18(25(33)31-22-16-10-12-19-13-11-17-30-23(19)22)24(36-26(34)28(2,3)4)20-14-8-9-15-21(20)32-27(35)37-29(5,6)7/h8-18,24H,1-7H3,(H,31,33)(H,32,35). The molecule has 8 heteroatoms. The molecule has 196 valence electrons. The molecule has 2 aromatic carbocycles. The lowest BCUT2D eigenvalue weighted by molar-refractivity contribution is -0.162. The summed E-state index contributed by atoms with van der Waals surface area (Å²) in [6.45, 7) is 12.2. The second kappa shape index (κ2) is 11.0. The maximum atomic E-state index is 13.5. The molecule has 0 aliphatic rings. The Balaban J connectivity index is 1.96. The van der Waals surface area contributed by atoms with Crippen LogP contribution in [0.3, 0.4) is 0 Å². The van der Waals surface area contributed by atoms with Crippen LogP contribution in [0.2, 0.25) is 0 Å². The van der Waals surface area contributed by atoms with Crippen LogP contribution in [-0.4, -0.2) is 28.6 Å². The number of anilines is 2. The number of carbonyl (C=O) groups excluding carboxylic acids is 3. The topological polar surface area (TPSA) is 107 Å². The van der Waals surface area contributed by atoms with Crippen molar-refractivity contribution in [2.45, 2.75) is 60.2 Å². The van der Waals surface area contributed by atoms with Gasteiger partial charge in [0.15, 0.2) is 0 Å². The van der Waals surface area contributed by atoms with E-state index in [1.165, 1.54) is 0 Å². The molecular formula is C29H35N3O5. The van der Waals surface area contributed by atoms with E-state index in [-0.39, 0.29) is 5.91 Å². The van der Waals surface area contributed by atoms with Crippen LogP contribution in [0.1, 0.15) is 60.1 Å². The van der Waals surface area contributed by atoms with Gasteiger partial charge in [0.05, 0.1) is 28.2 Å². The van der Waals surface area contributed by atoms with Crippen molar-refractivity contribution in [3.05, 3.63) is 66.4 Å². The number of nitrogens with one attached hydrogen (secondary N) is 2. The van der Waals surface area contributed by atoms with Crippen LogP contribution >= 0.6 is 0 Å². The second-order valence-electron chi connectivity index (χ2n) is 10.9. The fraction of sp³-hybridized carbons (Fsp3) is 0.379. The van der Waals surface area contributed by atoms with Gasteiger partial charge >= 0.3 is 12.1 Å². The summed E-state index contributed by atoms with van der Waals surface area (Å²) in [6, 6.07) is 16.1. The minimum absolute atomic E-state index is 0.364. The van der Waals surface area contributed by atoms with Crippen molar-refractivity contribution in [3.63, 3.8) is 0 Å². The summed E-state index contributed by atoms with van der Waals surface area (Å²) in [5, 5.41) is 6.55. The van der Waals surface area contributed by atoms with Crippen LogP contribution in [0.4, 0.5) is 16.2 Å². The van der Waals surface area contributed by atoms with Crippen LogP contribution in [-0.2, 0) is 19.1 Å². The first-order chi connectivity index (χ1) is 17.3. The molecule has 0 aliphatic heterocycles. The van der Waals surface area contributed by atoms with E-state index in [2.05, 4.69) is 15.6 Å². The van der Waals surface area contributed by atoms with Crippen molar-refractivity contribution in [2.75, 3.05) is 10.6 Å². The zero-order valence-corrected chi connectivity index (χ0v) is 22.4. The Hall–Kier alpha value is -3.94. The van der Waals surface area contributed by atoms with Crippen molar-refractivity contribution in [3.8, 4) is 0 Å². The number of ether oxygens (including phenoxy) is 2. The predicted molar refractivity (Wildman–Crippen MR) is 144 cm³/mol. The smallest absolute Gasteiger partial charge is 0.412 e. The summed E-state index contributed by atoms with van der Waals surface area (Å²) in [5.41, 5.74) is 0.564. The van der Waals surface area contributed by atoms with Gasteiger partial charge in [-0.05, 0) is 66.7 Å². The molecule has 3 aromatic rings. The van der Waals surface area contributed by atoms with Crippen LogP contribution in [0, 0.1) is 11.3 Å². The Bertz CT molecular complexity index is 1290. The highest BCUT2D eigenvalue weighted by Crippen LogP contribution is 2.35. The number of amides is 2. The summed E-state index contributed by atoms with van der Waals surface area (Å²) in [5.74, 6) is -1.65. The first-order valence-electron chi connectivity index (χ1n) is 12.2. The lowest BCUT2D eigenvalue weighted by atomic mass is 9.93. The third-order valence-electron chi connectivity index (χ3n) is 5.51. The minimum Gasteiger partial charge on any atom is -0.456 e. The number of aromatic nitrogens is 1. The van der Waals surface area contributed by atoms with E-state index < -0.39 is 35.1 Å². The van der Waals surface area contributed by atoms with Crippen molar-refractivity contribution < 1.29 is 23.9 Å². The fourth-order valence-electron chi connectivity index (χ4n) is 3.59. The van der Waals surface area contributed by atoms with Gasteiger partial charge in [-0.25, -0.2) is 4.79 Å². The number of rotatable bonds is 6. The quantitative estimate of drug-likeness (QED) is 0.371. The fourth-order valence-corrected chi connectivity index (χ4v) is 3.59. The molecule has 0 saturated heterocycles. The third-order valence-corrected chi connectivity index (χ3v) is 5.51. The molecule has 3 rings (SSSR count). The van der Waals surface area contributed by atoms with E-state index in [1.807, 2.05) is 24.3 Å². The SMILES string of the molecule is CC(C(=O)Nc1cccc2cccnc12)C(OC(=O)C(C)(C)C)c1ccccc1NC(=O)OC(C)(C)C. The highest BCUT2D eigenvalue weighted by Gasteiger charge is 2.35. The number of carbonyl (C=O) groups is 3. The molecule has 2 N–H and O–H groups in total. The second-order valence-corrected chi connectivity index (χ2v) is 10.9. The highest BCUT2D eigenvalue weighted by atomic mass is 16.6. The minimum atomic E-state index is -0.985. The monoisotopic (exact) mass is 505 g/mol. The Morgan fingerprint density at radius 3 is 2.16 bits per heavy atom. The number of hydrogen-bond acceptors (Lipinski definition) is 6. The van der Waals surface area contributed by atoms with Gasteiger partial charge in [-0.2, -0.15) is 0 Å². The van der Waals surface area contributed by atoms with E-state index in [9.17, 15) is 14.4 Å². The van der Waals surface area contributed by atoms with Gasteiger partial charge in [0.25, 0.3) is 0 Å². The van der Waals surface area contributed by atoms with Gasteiger partial charge in [-0.3, -0.25) is 19.9 Å². The molecular weight excluding hydrogens is 470 g/mol. The molecule has 1 aromatic heterocycles. The van der Waals surface area contributed by atoms with Gasteiger partial charge in [-0.15, -0.1) is 0 Å². The summed E-state index contributed by atoms with van der Waals surface area (Å²) in [7, 11) is 0. The van der Waals surface area contributed by atoms with Crippen molar-refractivity contribution in [1.82, 2.24) is 4.98 Å². The molecule has 2 atom stereocenters. The number of hydrogen-bond donors (Lipinski definition) is 2. The number of nitrogens with zero attached hydrogens (tertiary/aromatic N) is 1. The largest absolute Gasteiger partial charge is 0.456 e. The Labute approximate surface area is 217 Å². The van der Waals surface area contributed by atoms with Crippen LogP contribution in [0.5, 0.6) is 0 Å². The molecule has 0 bridgehead atoms. The van der Waals surface area contributed by atoms with E-state index in [1.54, 1.807) is 85.0 Å². The van der Waals surface area contributed by atoms with Gasteiger partial charge in [0.2, 0.25) is 5.91 Å². The molecule has 0 fully saturated rings. The van der Waals surface area contributed by atoms with E-state index in [0.717, 1.165) is 5.39 Å². The Morgan fingerprint density at radius 2 is 1.49 bits per heavy atom. The van der Waals surface area contributed by atoms with Crippen LogP contribution in [0.15, 0.2) is 60.8 Å². The normalized spacial score (nSPS) is 13.4. The van der Waals surface area contributed by atoms with Gasteiger partial charge in [0.1, 0.15) is 11.7 Å². The molecule has 37 heavy (non-hydrogen) atoms. The third kappa shape index (κ3) is 7.29. The maximum absolute atomic E-state index is 13.5. The molecule has 2 amide bonds. The molecule has 0 spiro atoms. The predicted octanol–water partition coefficient (Wildman–Crippen LogP) is 6.49. The average molecular weight is 506 g/mol. The summed E-state index contributed by atoms with van der Waals surface area (Å²) >= 11 is 0. The molecule has 0 saturated carbocycles. The maximum Gasteiger partial charge on any atom is 0.412 e. The van der Waals surface area contributed by atoms with Crippen molar-refractivity contribution in [2.24, 2.45) is 11.3 Å². The summed E-state index contributed by atoms with van der Waals surface area (Å²) < 4.78 is 11.3. The van der Waals surface area contributed by atoms with Gasteiger partial charge in [0, 0.05) is 17.1 Å².